The Morgan fingerprint density at radius 2 is 2.00 bits per heavy atom. The molecule has 0 amide bonds. The van der Waals surface area contributed by atoms with Crippen LogP contribution in [-0.4, -0.2) is 41.0 Å². The lowest BCUT2D eigenvalue weighted by Crippen LogP contribution is -2.38. The van der Waals surface area contributed by atoms with Crippen molar-refractivity contribution in [2.45, 2.75) is 46.3 Å². The molecule has 27 heavy (non-hydrogen) atoms. The molecule has 1 aliphatic heterocycles. The summed E-state index contributed by atoms with van der Waals surface area (Å²) in [6, 6.07) is 0. The van der Waals surface area contributed by atoms with Gasteiger partial charge in [-0.25, -0.2) is 9.59 Å². The van der Waals surface area contributed by atoms with Gasteiger partial charge in [0.15, 0.2) is 5.78 Å². The molecule has 1 heterocycles. The topological polar surface area (TPSA) is 107 Å². The summed E-state index contributed by atoms with van der Waals surface area (Å²) >= 11 is 0. The first-order chi connectivity index (χ1) is 12.7. The summed E-state index contributed by atoms with van der Waals surface area (Å²) in [6.45, 7) is 6.69. The Kier molecular flexibility index (Phi) is 4.80. The van der Waals surface area contributed by atoms with Crippen molar-refractivity contribution in [3.05, 3.63) is 34.4 Å². The monoisotopic (exact) mass is 374 g/mol. The van der Waals surface area contributed by atoms with Crippen LogP contribution in [0, 0.1) is 17.8 Å². The van der Waals surface area contributed by atoms with Crippen LogP contribution in [0.3, 0.4) is 0 Å². The van der Waals surface area contributed by atoms with Crippen molar-refractivity contribution in [3.8, 4) is 0 Å². The number of esters is 2. The quantitative estimate of drug-likeness (QED) is 0.594. The first-order valence-corrected chi connectivity index (χ1v) is 8.90. The highest BCUT2D eigenvalue weighted by molar-refractivity contribution is 6.13. The molecular formula is C20H22O7. The first kappa shape index (κ1) is 19.1. The summed E-state index contributed by atoms with van der Waals surface area (Å²) in [5.41, 5.74) is 1.10. The molecule has 0 radical (unpaired) electrons. The first-order valence-electron chi connectivity index (χ1n) is 8.90. The molecule has 0 aromatic rings. The maximum atomic E-state index is 12.5. The number of carboxylic acid groups (broad SMARTS) is 1. The SMILES string of the molecule is C/C=C(\C)C(=O)O[C@@H]1CC(C(=O)O)=C2C(=O)C=C(C)[C@@H]2[C@H]2OC(=O)[C@H](C)[C@@H]21. The Hall–Kier alpha value is -2.70. The molecule has 0 aromatic carbocycles. The van der Waals surface area contributed by atoms with E-state index in [2.05, 4.69) is 0 Å². The predicted molar refractivity (Wildman–Crippen MR) is 93.4 cm³/mol. The molecule has 1 fully saturated rings. The molecule has 0 unspecified atom stereocenters. The minimum atomic E-state index is -1.23. The van der Waals surface area contributed by atoms with E-state index in [1.165, 1.54) is 6.08 Å². The van der Waals surface area contributed by atoms with E-state index in [-0.39, 0.29) is 23.4 Å². The highest BCUT2D eigenvalue weighted by Crippen LogP contribution is 2.48. The van der Waals surface area contributed by atoms with Crippen LogP contribution in [-0.2, 0) is 28.7 Å². The zero-order valence-electron chi connectivity index (χ0n) is 15.6. The van der Waals surface area contributed by atoms with Crippen molar-refractivity contribution in [1.82, 2.24) is 0 Å². The number of fused-ring (bicyclic) bond motifs is 3. The van der Waals surface area contributed by atoms with Crippen molar-refractivity contribution < 1.29 is 33.8 Å². The number of ketones is 1. The largest absolute Gasteiger partial charge is 0.478 e. The van der Waals surface area contributed by atoms with Crippen molar-refractivity contribution >= 4 is 23.7 Å². The van der Waals surface area contributed by atoms with Gasteiger partial charge in [-0.3, -0.25) is 9.59 Å². The van der Waals surface area contributed by atoms with E-state index < -0.39 is 47.9 Å². The van der Waals surface area contributed by atoms with Gasteiger partial charge in [-0.15, -0.1) is 0 Å². The summed E-state index contributed by atoms with van der Waals surface area (Å²) in [7, 11) is 0. The molecule has 0 aromatic heterocycles. The number of aliphatic carboxylic acids is 1. The number of ether oxygens (including phenoxy) is 2. The smallest absolute Gasteiger partial charge is 0.333 e. The van der Waals surface area contributed by atoms with Crippen LogP contribution in [0.5, 0.6) is 0 Å². The lowest BCUT2D eigenvalue weighted by molar-refractivity contribution is -0.149. The highest BCUT2D eigenvalue weighted by Gasteiger charge is 2.56. The van der Waals surface area contributed by atoms with E-state index in [0.29, 0.717) is 11.1 Å². The molecule has 0 bridgehead atoms. The Labute approximate surface area is 156 Å². The molecule has 3 rings (SSSR count). The zero-order valence-corrected chi connectivity index (χ0v) is 15.6. The number of hydrogen-bond donors (Lipinski definition) is 1. The lowest BCUT2D eigenvalue weighted by Gasteiger charge is -2.29. The van der Waals surface area contributed by atoms with Gasteiger partial charge >= 0.3 is 17.9 Å². The van der Waals surface area contributed by atoms with Crippen LogP contribution in [0.25, 0.3) is 0 Å². The third-order valence-electron chi connectivity index (χ3n) is 5.77. The fraction of sp³-hybridized carbons (Fsp3) is 0.500. The van der Waals surface area contributed by atoms with Crippen molar-refractivity contribution in [2.24, 2.45) is 17.8 Å². The van der Waals surface area contributed by atoms with Crippen LogP contribution >= 0.6 is 0 Å². The molecule has 2 aliphatic carbocycles. The second kappa shape index (κ2) is 6.79. The third-order valence-corrected chi connectivity index (χ3v) is 5.77. The second-order valence-corrected chi connectivity index (χ2v) is 7.31. The van der Waals surface area contributed by atoms with Gasteiger partial charge in [0, 0.05) is 35.0 Å². The molecular weight excluding hydrogens is 352 g/mol. The van der Waals surface area contributed by atoms with Crippen LogP contribution in [0.2, 0.25) is 0 Å². The molecule has 5 atom stereocenters. The average Bonchev–Trinajstić information content (AvgIpc) is 2.99. The Balaban J connectivity index is 2.11. The van der Waals surface area contributed by atoms with E-state index in [0.717, 1.165) is 0 Å². The minimum Gasteiger partial charge on any atom is -0.478 e. The number of carboxylic acids is 1. The summed E-state index contributed by atoms with van der Waals surface area (Å²) < 4.78 is 11.2. The van der Waals surface area contributed by atoms with Gasteiger partial charge in [-0.1, -0.05) is 18.6 Å². The fourth-order valence-electron chi connectivity index (χ4n) is 4.22. The van der Waals surface area contributed by atoms with Gasteiger partial charge in [-0.05, 0) is 26.8 Å². The van der Waals surface area contributed by atoms with E-state index in [1.807, 2.05) is 0 Å². The van der Waals surface area contributed by atoms with Gasteiger partial charge < -0.3 is 14.6 Å². The van der Waals surface area contributed by atoms with Crippen molar-refractivity contribution in [1.29, 1.82) is 0 Å². The maximum absolute atomic E-state index is 12.5. The summed E-state index contributed by atoms with van der Waals surface area (Å²) in [5.74, 6) is -4.34. The zero-order chi connectivity index (χ0) is 20.0. The van der Waals surface area contributed by atoms with Crippen LogP contribution in [0.4, 0.5) is 0 Å². The van der Waals surface area contributed by atoms with Gasteiger partial charge in [0.05, 0.1) is 5.92 Å². The van der Waals surface area contributed by atoms with E-state index in [1.54, 1.807) is 33.8 Å². The molecule has 1 saturated heterocycles. The molecule has 7 nitrogen and oxygen atoms in total. The number of rotatable bonds is 3. The average molecular weight is 374 g/mol. The third kappa shape index (κ3) is 3.01. The predicted octanol–water partition coefficient (Wildman–Crippen LogP) is 1.97. The molecule has 0 spiro atoms. The van der Waals surface area contributed by atoms with Crippen molar-refractivity contribution in [3.63, 3.8) is 0 Å². The fourth-order valence-corrected chi connectivity index (χ4v) is 4.22. The second-order valence-electron chi connectivity index (χ2n) is 7.31. The van der Waals surface area contributed by atoms with Crippen LogP contribution < -0.4 is 0 Å². The van der Waals surface area contributed by atoms with Gasteiger partial charge in [0.2, 0.25) is 0 Å². The molecule has 7 heteroatoms. The Morgan fingerprint density at radius 3 is 2.59 bits per heavy atom. The maximum Gasteiger partial charge on any atom is 0.333 e. The van der Waals surface area contributed by atoms with Gasteiger partial charge in [-0.2, -0.15) is 0 Å². The highest BCUT2D eigenvalue weighted by atomic mass is 16.6. The van der Waals surface area contributed by atoms with E-state index in [9.17, 15) is 24.3 Å². The molecule has 1 N–H and O–H groups in total. The molecule has 0 saturated carbocycles. The van der Waals surface area contributed by atoms with Crippen LogP contribution in [0.15, 0.2) is 34.4 Å². The minimum absolute atomic E-state index is 0.0771. The van der Waals surface area contributed by atoms with Gasteiger partial charge in [0.25, 0.3) is 0 Å². The van der Waals surface area contributed by atoms with Crippen molar-refractivity contribution in [2.75, 3.05) is 0 Å². The number of hydrogen-bond acceptors (Lipinski definition) is 6. The number of allylic oxidation sites excluding steroid dienone is 2. The standard InChI is InChI=1S/C20H22O7/c1-5-8(2)19(24)26-13-7-11(18(22)23)16-12(21)6-9(3)14(16)17-15(13)10(4)20(25)27-17/h5-6,10,13-15,17H,7H2,1-4H3,(H,22,23)/b8-5+/t10-,13-,14+,15-,17-/m1/s1. The van der Waals surface area contributed by atoms with Gasteiger partial charge in [0.1, 0.15) is 12.2 Å². The Morgan fingerprint density at radius 1 is 1.33 bits per heavy atom. The van der Waals surface area contributed by atoms with Crippen LogP contribution in [0.1, 0.15) is 34.1 Å². The number of carbonyl (C=O) groups is 4. The van der Waals surface area contributed by atoms with E-state index in [4.69, 9.17) is 9.47 Å². The Bertz CT molecular complexity index is 829. The summed E-state index contributed by atoms with van der Waals surface area (Å²) in [5, 5.41) is 9.71. The van der Waals surface area contributed by atoms with E-state index >= 15 is 0 Å². The molecule has 3 aliphatic rings. The summed E-state index contributed by atoms with van der Waals surface area (Å²) in [4.78, 5) is 48.9. The number of carbonyl (C=O) groups excluding carboxylic acids is 3. The normalized spacial score (nSPS) is 33.1. The lowest BCUT2D eigenvalue weighted by atomic mass is 9.79. The molecule has 144 valence electrons. The summed E-state index contributed by atoms with van der Waals surface area (Å²) in [6.07, 6.45) is 1.25.